The van der Waals surface area contributed by atoms with E-state index in [1.54, 1.807) is 0 Å². The van der Waals surface area contributed by atoms with Gasteiger partial charge in [-0.05, 0) is 18.8 Å². The minimum absolute atomic E-state index is 0.292. The third-order valence-electron chi connectivity index (χ3n) is 2.36. The van der Waals surface area contributed by atoms with Crippen LogP contribution in [0, 0.1) is 5.92 Å². The first kappa shape index (κ1) is 9.30. The Labute approximate surface area is 74.2 Å². The molecule has 1 heterocycles. The predicted molar refractivity (Wildman–Crippen MR) is 49.8 cm³/mol. The van der Waals surface area contributed by atoms with Crippen LogP contribution >= 0.6 is 0 Å². The third-order valence-corrected chi connectivity index (χ3v) is 2.36. The fourth-order valence-corrected chi connectivity index (χ4v) is 1.45. The van der Waals surface area contributed by atoms with E-state index in [1.165, 1.54) is 12.8 Å². The Morgan fingerprint density at radius 2 is 2.17 bits per heavy atom. The van der Waals surface area contributed by atoms with Crippen LogP contribution in [0.4, 0.5) is 0 Å². The van der Waals surface area contributed by atoms with E-state index in [2.05, 4.69) is 6.58 Å². The van der Waals surface area contributed by atoms with Crippen LogP contribution in [0.5, 0.6) is 0 Å². The zero-order valence-corrected chi connectivity index (χ0v) is 7.75. The highest BCUT2D eigenvalue weighted by Crippen LogP contribution is 2.12. The van der Waals surface area contributed by atoms with Crippen LogP contribution < -0.4 is 0 Å². The number of rotatable bonds is 3. The first-order valence-electron chi connectivity index (χ1n) is 4.64. The summed E-state index contributed by atoms with van der Waals surface area (Å²) in [5, 5.41) is 0. The van der Waals surface area contributed by atoms with Crippen molar-refractivity contribution in [1.82, 2.24) is 4.90 Å². The molecule has 1 rings (SSSR count). The largest absolute Gasteiger partial charge is 0.343 e. The molecule has 68 valence electrons. The van der Waals surface area contributed by atoms with E-state index in [-0.39, 0.29) is 0 Å². The maximum absolute atomic E-state index is 11.5. The number of carbonyl (C=O) groups is 1. The quantitative estimate of drug-likeness (QED) is 0.587. The van der Waals surface area contributed by atoms with Gasteiger partial charge in [-0.1, -0.05) is 13.0 Å². The van der Waals surface area contributed by atoms with Crippen LogP contribution in [-0.4, -0.2) is 23.9 Å². The summed E-state index contributed by atoms with van der Waals surface area (Å²) in [6, 6.07) is 0. The molecule has 0 bridgehead atoms. The van der Waals surface area contributed by atoms with Crippen LogP contribution in [0.25, 0.3) is 0 Å². The van der Waals surface area contributed by atoms with E-state index in [9.17, 15) is 4.79 Å². The van der Waals surface area contributed by atoms with Crippen molar-refractivity contribution in [3.05, 3.63) is 12.7 Å². The molecule has 0 aromatic rings. The van der Waals surface area contributed by atoms with E-state index < -0.39 is 0 Å². The predicted octanol–water partition coefficient (Wildman–Crippen LogP) is 1.82. The average Bonchev–Trinajstić information content (AvgIpc) is 2.56. The number of carbonyl (C=O) groups excluding carboxylic acids is 1. The second-order valence-corrected chi connectivity index (χ2v) is 3.51. The molecule has 1 saturated heterocycles. The van der Waals surface area contributed by atoms with E-state index in [0.29, 0.717) is 18.2 Å². The lowest BCUT2D eigenvalue weighted by molar-refractivity contribution is -0.130. The molecule has 1 fully saturated rings. The number of likely N-dealkylation sites (tertiary alicyclic amines) is 1. The number of allylic oxidation sites excluding steroid dienone is 1. The van der Waals surface area contributed by atoms with Crippen LogP contribution in [0.3, 0.4) is 0 Å². The van der Waals surface area contributed by atoms with Gasteiger partial charge in [-0.3, -0.25) is 4.79 Å². The van der Waals surface area contributed by atoms with Gasteiger partial charge < -0.3 is 4.90 Å². The number of hydrogen-bond acceptors (Lipinski definition) is 1. The zero-order chi connectivity index (χ0) is 8.97. The second kappa shape index (κ2) is 4.29. The molecule has 1 amide bonds. The monoisotopic (exact) mass is 167 g/mol. The molecule has 1 aliphatic heterocycles. The fourth-order valence-electron chi connectivity index (χ4n) is 1.45. The molecule has 1 aliphatic rings. The third kappa shape index (κ3) is 2.36. The first-order valence-corrected chi connectivity index (χ1v) is 4.64. The number of amides is 1. The summed E-state index contributed by atoms with van der Waals surface area (Å²) in [5.74, 6) is 0.609. The van der Waals surface area contributed by atoms with Gasteiger partial charge in [-0.15, -0.1) is 6.58 Å². The molecule has 0 saturated carbocycles. The normalized spacial score (nSPS) is 19.2. The Hall–Kier alpha value is -0.790. The topological polar surface area (TPSA) is 20.3 Å². The highest BCUT2D eigenvalue weighted by molar-refractivity contribution is 5.76. The van der Waals surface area contributed by atoms with Crippen molar-refractivity contribution in [3.8, 4) is 0 Å². The van der Waals surface area contributed by atoms with E-state index >= 15 is 0 Å². The Bertz CT molecular complexity index is 171. The maximum Gasteiger partial charge on any atom is 0.223 e. The minimum atomic E-state index is 0.292. The Morgan fingerprint density at radius 3 is 2.67 bits per heavy atom. The lowest BCUT2D eigenvalue weighted by Gasteiger charge is -2.16. The van der Waals surface area contributed by atoms with E-state index in [4.69, 9.17) is 0 Å². The lowest BCUT2D eigenvalue weighted by atomic mass is 10.1. The van der Waals surface area contributed by atoms with Gasteiger partial charge in [0.1, 0.15) is 0 Å². The molecule has 1 atom stereocenters. The molecular formula is C10H17NO. The summed E-state index contributed by atoms with van der Waals surface area (Å²) in [6.07, 6.45) is 4.82. The molecule has 1 unspecified atom stereocenters. The highest BCUT2D eigenvalue weighted by Gasteiger charge is 2.18. The van der Waals surface area contributed by atoms with Crippen molar-refractivity contribution < 1.29 is 4.79 Å². The van der Waals surface area contributed by atoms with Crippen molar-refractivity contribution in [2.45, 2.75) is 26.2 Å². The molecule has 0 aromatic carbocycles. The molecule has 0 radical (unpaired) electrons. The average molecular weight is 167 g/mol. The van der Waals surface area contributed by atoms with Crippen LogP contribution in [-0.2, 0) is 4.79 Å². The Morgan fingerprint density at radius 1 is 1.58 bits per heavy atom. The van der Waals surface area contributed by atoms with Gasteiger partial charge in [-0.2, -0.15) is 0 Å². The molecule has 0 aliphatic carbocycles. The summed E-state index contributed by atoms with van der Waals surface area (Å²) < 4.78 is 0. The van der Waals surface area contributed by atoms with Gasteiger partial charge in [-0.25, -0.2) is 0 Å². The molecule has 0 spiro atoms. The smallest absolute Gasteiger partial charge is 0.223 e. The first-order chi connectivity index (χ1) is 5.74. The minimum Gasteiger partial charge on any atom is -0.343 e. The van der Waals surface area contributed by atoms with Crippen LogP contribution in [0.2, 0.25) is 0 Å². The fraction of sp³-hybridized carbons (Fsp3) is 0.700. The number of hydrogen-bond donors (Lipinski definition) is 0. The van der Waals surface area contributed by atoms with Crippen molar-refractivity contribution >= 4 is 5.91 Å². The summed E-state index contributed by atoms with van der Waals surface area (Å²) in [5.41, 5.74) is 0. The summed E-state index contributed by atoms with van der Waals surface area (Å²) >= 11 is 0. The van der Waals surface area contributed by atoms with Gasteiger partial charge >= 0.3 is 0 Å². The molecular weight excluding hydrogens is 150 g/mol. The zero-order valence-electron chi connectivity index (χ0n) is 7.75. The Kier molecular flexibility index (Phi) is 3.32. The molecule has 12 heavy (non-hydrogen) atoms. The van der Waals surface area contributed by atoms with Crippen molar-refractivity contribution in [2.24, 2.45) is 5.92 Å². The maximum atomic E-state index is 11.5. The summed E-state index contributed by atoms with van der Waals surface area (Å²) in [4.78, 5) is 13.5. The van der Waals surface area contributed by atoms with E-state index in [1.807, 2.05) is 17.9 Å². The molecule has 2 heteroatoms. The van der Waals surface area contributed by atoms with Gasteiger partial charge in [0.15, 0.2) is 0 Å². The lowest BCUT2D eigenvalue weighted by Crippen LogP contribution is -2.28. The van der Waals surface area contributed by atoms with E-state index in [0.717, 1.165) is 13.1 Å². The standard InChI is InChI=1S/C10H17NO/c1-3-9(2)8-10(12)11-6-4-5-7-11/h3,9H,1,4-8H2,2H3. The molecule has 2 nitrogen and oxygen atoms in total. The van der Waals surface area contributed by atoms with Crippen molar-refractivity contribution in [1.29, 1.82) is 0 Å². The summed E-state index contributed by atoms with van der Waals surface area (Å²) in [6.45, 7) is 7.62. The van der Waals surface area contributed by atoms with Gasteiger partial charge in [0.2, 0.25) is 5.91 Å². The Balaban J connectivity index is 2.31. The summed E-state index contributed by atoms with van der Waals surface area (Å²) in [7, 11) is 0. The molecule has 0 N–H and O–H groups in total. The van der Waals surface area contributed by atoms with Crippen molar-refractivity contribution in [3.63, 3.8) is 0 Å². The number of nitrogens with zero attached hydrogens (tertiary/aromatic N) is 1. The second-order valence-electron chi connectivity index (χ2n) is 3.51. The van der Waals surface area contributed by atoms with Gasteiger partial charge in [0, 0.05) is 19.5 Å². The van der Waals surface area contributed by atoms with Gasteiger partial charge in [0.25, 0.3) is 0 Å². The highest BCUT2D eigenvalue weighted by atomic mass is 16.2. The van der Waals surface area contributed by atoms with Gasteiger partial charge in [0.05, 0.1) is 0 Å². The van der Waals surface area contributed by atoms with Crippen LogP contribution in [0.15, 0.2) is 12.7 Å². The molecule has 0 aromatic heterocycles. The van der Waals surface area contributed by atoms with Crippen LogP contribution in [0.1, 0.15) is 26.2 Å². The van der Waals surface area contributed by atoms with Crippen molar-refractivity contribution in [2.75, 3.05) is 13.1 Å². The SMILES string of the molecule is C=CC(C)CC(=O)N1CCCC1.